The van der Waals surface area contributed by atoms with Gasteiger partial charge in [0.05, 0.1) is 9.75 Å². The van der Waals surface area contributed by atoms with E-state index in [0.29, 0.717) is 16.3 Å². The standard InChI is InChI=1S/C18H16F3N3OS/c1-11-3-5-12(6-4-11)10-22-17(25)15-8-7-14(26-15)13-9-16(18(19,20)21)24(2)23-13/h3-9H,10H2,1-2H3,(H,22,25). The second-order valence-electron chi connectivity index (χ2n) is 5.87. The Bertz CT molecular complexity index is 926. The maximum absolute atomic E-state index is 12.9. The molecule has 26 heavy (non-hydrogen) atoms. The van der Waals surface area contributed by atoms with E-state index < -0.39 is 11.9 Å². The summed E-state index contributed by atoms with van der Waals surface area (Å²) in [6.45, 7) is 2.37. The van der Waals surface area contributed by atoms with Gasteiger partial charge in [-0.25, -0.2) is 0 Å². The summed E-state index contributed by atoms with van der Waals surface area (Å²) in [6.07, 6.45) is -4.47. The van der Waals surface area contributed by atoms with E-state index in [0.717, 1.165) is 33.2 Å². The fourth-order valence-electron chi connectivity index (χ4n) is 2.43. The maximum atomic E-state index is 12.9. The van der Waals surface area contributed by atoms with E-state index in [9.17, 15) is 18.0 Å². The van der Waals surface area contributed by atoms with Crippen molar-refractivity contribution >= 4 is 17.2 Å². The molecule has 0 saturated carbocycles. The molecule has 0 spiro atoms. The highest BCUT2D eigenvalue weighted by molar-refractivity contribution is 7.17. The largest absolute Gasteiger partial charge is 0.433 e. The Morgan fingerprint density at radius 2 is 1.88 bits per heavy atom. The van der Waals surface area contributed by atoms with Crippen molar-refractivity contribution in [3.8, 4) is 10.6 Å². The zero-order valence-corrected chi connectivity index (χ0v) is 14.9. The van der Waals surface area contributed by atoms with Crippen LogP contribution in [0.2, 0.25) is 0 Å². The van der Waals surface area contributed by atoms with Gasteiger partial charge in [-0.3, -0.25) is 9.48 Å². The van der Waals surface area contributed by atoms with Crippen LogP contribution in [0.1, 0.15) is 26.5 Å². The third-order valence-corrected chi connectivity index (χ3v) is 4.93. The SMILES string of the molecule is Cc1ccc(CNC(=O)c2ccc(-c3cc(C(F)(F)F)n(C)n3)s2)cc1. The van der Waals surface area contributed by atoms with Crippen LogP contribution in [0, 0.1) is 6.92 Å². The summed E-state index contributed by atoms with van der Waals surface area (Å²) < 4.78 is 39.4. The normalized spacial score (nSPS) is 11.6. The van der Waals surface area contributed by atoms with Crippen LogP contribution in [-0.4, -0.2) is 15.7 Å². The fourth-order valence-corrected chi connectivity index (χ4v) is 3.30. The lowest BCUT2D eigenvalue weighted by Crippen LogP contribution is -2.21. The highest BCUT2D eigenvalue weighted by Gasteiger charge is 2.35. The topological polar surface area (TPSA) is 46.9 Å². The van der Waals surface area contributed by atoms with Gasteiger partial charge in [0.25, 0.3) is 5.91 Å². The van der Waals surface area contributed by atoms with Crippen LogP contribution in [0.3, 0.4) is 0 Å². The van der Waals surface area contributed by atoms with Crippen LogP contribution in [0.4, 0.5) is 13.2 Å². The average molecular weight is 379 g/mol. The van der Waals surface area contributed by atoms with Crippen LogP contribution < -0.4 is 5.32 Å². The van der Waals surface area contributed by atoms with E-state index >= 15 is 0 Å². The molecular formula is C18H16F3N3OS. The molecule has 2 aromatic heterocycles. The molecule has 0 bridgehead atoms. The third-order valence-electron chi connectivity index (χ3n) is 3.83. The number of carbonyl (C=O) groups excluding carboxylic acids is 1. The minimum absolute atomic E-state index is 0.197. The Balaban J connectivity index is 1.71. The number of carbonyl (C=O) groups is 1. The number of alkyl halides is 3. The van der Waals surface area contributed by atoms with Gasteiger partial charge >= 0.3 is 6.18 Å². The zero-order chi connectivity index (χ0) is 18.9. The summed E-state index contributed by atoms with van der Waals surface area (Å²) in [6, 6.07) is 12.0. The van der Waals surface area contributed by atoms with Gasteiger partial charge in [0.15, 0.2) is 0 Å². The number of thiophene rings is 1. The molecule has 136 valence electrons. The molecule has 0 saturated heterocycles. The molecular weight excluding hydrogens is 363 g/mol. The number of halogens is 3. The van der Waals surface area contributed by atoms with Crippen LogP contribution in [0.15, 0.2) is 42.5 Å². The summed E-state index contributed by atoms with van der Waals surface area (Å²) in [5, 5.41) is 6.70. The van der Waals surface area contributed by atoms with E-state index in [4.69, 9.17) is 0 Å². The number of aromatic nitrogens is 2. The first-order chi connectivity index (χ1) is 12.2. The van der Waals surface area contributed by atoms with Crippen molar-refractivity contribution in [2.75, 3.05) is 0 Å². The van der Waals surface area contributed by atoms with Gasteiger partial charge in [0.2, 0.25) is 0 Å². The molecule has 1 amide bonds. The lowest BCUT2D eigenvalue weighted by Gasteiger charge is -2.04. The highest BCUT2D eigenvalue weighted by atomic mass is 32.1. The van der Waals surface area contributed by atoms with Crippen molar-refractivity contribution in [3.63, 3.8) is 0 Å². The second-order valence-corrected chi connectivity index (χ2v) is 6.95. The van der Waals surface area contributed by atoms with Crippen LogP contribution >= 0.6 is 11.3 Å². The van der Waals surface area contributed by atoms with E-state index in [1.807, 2.05) is 31.2 Å². The fraction of sp³-hybridized carbons (Fsp3) is 0.222. The second kappa shape index (κ2) is 6.95. The number of aryl methyl sites for hydroxylation is 2. The lowest BCUT2D eigenvalue weighted by atomic mass is 10.1. The molecule has 4 nitrogen and oxygen atoms in total. The Morgan fingerprint density at radius 1 is 1.19 bits per heavy atom. The van der Waals surface area contributed by atoms with E-state index in [1.54, 1.807) is 12.1 Å². The number of rotatable bonds is 4. The summed E-state index contributed by atoms with van der Waals surface area (Å²) in [5.41, 5.74) is 1.48. The van der Waals surface area contributed by atoms with Gasteiger partial charge in [-0.15, -0.1) is 11.3 Å². The highest BCUT2D eigenvalue weighted by Crippen LogP contribution is 2.34. The number of hydrogen-bond donors (Lipinski definition) is 1. The van der Waals surface area contributed by atoms with Gasteiger partial charge < -0.3 is 5.32 Å². The van der Waals surface area contributed by atoms with Gasteiger partial charge in [-0.2, -0.15) is 18.3 Å². The third kappa shape index (κ3) is 3.96. The van der Waals surface area contributed by atoms with Gasteiger partial charge in [0, 0.05) is 13.6 Å². The predicted molar refractivity (Wildman–Crippen MR) is 93.9 cm³/mol. The number of hydrogen-bond acceptors (Lipinski definition) is 3. The molecule has 0 atom stereocenters. The van der Waals surface area contributed by atoms with Crippen molar-refractivity contribution in [2.24, 2.45) is 7.05 Å². The minimum Gasteiger partial charge on any atom is -0.347 e. The maximum Gasteiger partial charge on any atom is 0.433 e. The molecule has 1 N–H and O–H groups in total. The van der Waals surface area contributed by atoms with E-state index in [2.05, 4.69) is 10.4 Å². The Morgan fingerprint density at radius 3 is 2.50 bits per heavy atom. The van der Waals surface area contributed by atoms with E-state index in [-0.39, 0.29) is 11.6 Å². The van der Waals surface area contributed by atoms with Crippen molar-refractivity contribution in [3.05, 3.63) is 64.2 Å². The number of nitrogens with zero attached hydrogens (tertiary/aromatic N) is 2. The smallest absolute Gasteiger partial charge is 0.347 e. The Kier molecular flexibility index (Phi) is 4.86. The first-order valence-electron chi connectivity index (χ1n) is 7.79. The zero-order valence-electron chi connectivity index (χ0n) is 14.1. The lowest BCUT2D eigenvalue weighted by molar-refractivity contribution is -0.143. The molecule has 0 aliphatic carbocycles. The molecule has 0 radical (unpaired) electrons. The van der Waals surface area contributed by atoms with Gasteiger partial charge in [0.1, 0.15) is 11.4 Å². The van der Waals surface area contributed by atoms with Gasteiger partial charge in [-0.05, 0) is 30.7 Å². The summed E-state index contributed by atoms with van der Waals surface area (Å²) in [7, 11) is 1.25. The molecule has 0 unspecified atom stereocenters. The summed E-state index contributed by atoms with van der Waals surface area (Å²) in [5.74, 6) is -0.270. The molecule has 0 fully saturated rings. The van der Waals surface area contributed by atoms with Crippen molar-refractivity contribution in [1.82, 2.24) is 15.1 Å². The van der Waals surface area contributed by atoms with Crippen LogP contribution in [0.5, 0.6) is 0 Å². The molecule has 8 heteroatoms. The predicted octanol–water partition coefficient (Wildman–Crippen LogP) is 4.41. The quantitative estimate of drug-likeness (QED) is 0.730. The summed E-state index contributed by atoms with van der Waals surface area (Å²) in [4.78, 5) is 13.2. The van der Waals surface area contributed by atoms with Crippen LogP contribution in [0.25, 0.3) is 10.6 Å². The molecule has 0 aliphatic heterocycles. The minimum atomic E-state index is -4.47. The molecule has 2 heterocycles. The van der Waals surface area contributed by atoms with Crippen LogP contribution in [-0.2, 0) is 19.8 Å². The molecule has 0 aliphatic rings. The monoisotopic (exact) mass is 379 g/mol. The first-order valence-corrected chi connectivity index (χ1v) is 8.61. The first kappa shape index (κ1) is 18.2. The van der Waals surface area contributed by atoms with Crippen molar-refractivity contribution < 1.29 is 18.0 Å². The van der Waals surface area contributed by atoms with Crippen molar-refractivity contribution in [1.29, 1.82) is 0 Å². The molecule has 3 rings (SSSR count). The molecule has 3 aromatic rings. The number of benzene rings is 1. The molecule has 1 aromatic carbocycles. The van der Waals surface area contributed by atoms with Gasteiger partial charge in [-0.1, -0.05) is 29.8 Å². The Hall–Kier alpha value is -2.61. The van der Waals surface area contributed by atoms with Crippen molar-refractivity contribution in [2.45, 2.75) is 19.6 Å². The number of amides is 1. The summed E-state index contributed by atoms with van der Waals surface area (Å²) >= 11 is 1.11. The average Bonchev–Trinajstić information content (AvgIpc) is 3.20. The Labute approximate surface area is 152 Å². The number of nitrogens with one attached hydrogen (secondary N) is 1. The van der Waals surface area contributed by atoms with E-state index in [1.165, 1.54) is 7.05 Å².